The molecule has 0 heterocycles. The zero-order valence-electron chi connectivity index (χ0n) is 8.90. The van der Waals surface area contributed by atoms with E-state index >= 15 is 0 Å². The molecule has 0 atom stereocenters. The summed E-state index contributed by atoms with van der Waals surface area (Å²) in [5, 5.41) is 0.859. The van der Waals surface area contributed by atoms with Crippen molar-refractivity contribution in [2.45, 2.75) is 9.79 Å². The highest BCUT2D eigenvalue weighted by atomic mass is 35.5. The maximum atomic E-state index is 12.3. The van der Waals surface area contributed by atoms with E-state index < -0.39 is 9.84 Å². The van der Waals surface area contributed by atoms with Crippen molar-refractivity contribution in [2.75, 3.05) is 0 Å². The standard InChI is InChI=1S/C12H7Cl3O2S/c13-8-2-1-3-9(6-8)18(16,17)10-4-5-11(14)12(15)7-10/h1-7H. The number of hydrogen-bond acceptors (Lipinski definition) is 2. The van der Waals surface area contributed by atoms with E-state index in [0.717, 1.165) is 0 Å². The Balaban J connectivity index is 2.58. The molecule has 94 valence electrons. The summed E-state index contributed by atoms with van der Waals surface area (Å²) in [6, 6.07) is 10.2. The maximum Gasteiger partial charge on any atom is 0.206 e. The molecule has 0 amide bonds. The largest absolute Gasteiger partial charge is 0.219 e. The van der Waals surface area contributed by atoms with E-state index in [1.54, 1.807) is 12.1 Å². The molecule has 2 aromatic rings. The molecule has 2 nitrogen and oxygen atoms in total. The number of sulfone groups is 1. The van der Waals surface area contributed by atoms with Crippen molar-refractivity contribution < 1.29 is 8.42 Å². The Morgan fingerprint density at radius 3 is 2.06 bits per heavy atom. The SMILES string of the molecule is O=S(=O)(c1cccc(Cl)c1)c1ccc(Cl)c(Cl)c1. The average molecular weight is 322 g/mol. The third kappa shape index (κ3) is 2.64. The first-order valence-corrected chi connectivity index (χ1v) is 7.48. The molecule has 0 bridgehead atoms. The topological polar surface area (TPSA) is 34.1 Å². The van der Waals surface area contributed by atoms with E-state index in [1.807, 2.05) is 0 Å². The van der Waals surface area contributed by atoms with Gasteiger partial charge in [0.2, 0.25) is 9.84 Å². The van der Waals surface area contributed by atoms with Crippen LogP contribution < -0.4 is 0 Å². The summed E-state index contributed by atoms with van der Waals surface area (Å²) in [7, 11) is -3.63. The van der Waals surface area contributed by atoms with Gasteiger partial charge in [-0.05, 0) is 36.4 Å². The predicted molar refractivity (Wildman–Crippen MR) is 73.4 cm³/mol. The highest BCUT2D eigenvalue weighted by Gasteiger charge is 2.18. The van der Waals surface area contributed by atoms with Crippen molar-refractivity contribution in [3.8, 4) is 0 Å². The summed E-state index contributed by atoms with van der Waals surface area (Å²) < 4.78 is 24.6. The van der Waals surface area contributed by atoms with Crippen LogP contribution in [-0.4, -0.2) is 8.42 Å². The van der Waals surface area contributed by atoms with Gasteiger partial charge in [0, 0.05) is 5.02 Å². The molecule has 0 saturated heterocycles. The van der Waals surface area contributed by atoms with Crippen LogP contribution in [0, 0.1) is 0 Å². The summed E-state index contributed by atoms with van der Waals surface area (Å²) in [4.78, 5) is 0.201. The molecule has 6 heteroatoms. The van der Waals surface area contributed by atoms with Crippen LogP contribution in [0.5, 0.6) is 0 Å². The third-order valence-electron chi connectivity index (χ3n) is 2.31. The smallest absolute Gasteiger partial charge is 0.206 e. The van der Waals surface area contributed by atoms with Crippen LogP contribution in [0.1, 0.15) is 0 Å². The second-order valence-corrected chi connectivity index (χ2v) is 6.74. The fourth-order valence-corrected chi connectivity index (χ4v) is 3.36. The molecule has 2 rings (SSSR count). The van der Waals surface area contributed by atoms with Gasteiger partial charge in [-0.3, -0.25) is 0 Å². The van der Waals surface area contributed by atoms with Crippen LogP contribution in [-0.2, 0) is 9.84 Å². The van der Waals surface area contributed by atoms with Gasteiger partial charge in [-0.25, -0.2) is 8.42 Å². The van der Waals surface area contributed by atoms with Crippen molar-refractivity contribution >= 4 is 44.6 Å². The molecular weight excluding hydrogens is 315 g/mol. The van der Waals surface area contributed by atoms with E-state index in [9.17, 15) is 8.42 Å². The summed E-state index contributed by atoms with van der Waals surface area (Å²) in [6.45, 7) is 0. The molecule has 0 radical (unpaired) electrons. The lowest BCUT2D eigenvalue weighted by molar-refractivity contribution is 0.596. The van der Waals surface area contributed by atoms with Gasteiger partial charge >= 0.3 is 0 Å². The highest BCUT2D eigenvalue weighted by molar-refractivity contribution is 7.91. The van der Waals surface area contributed by atoms with Crippen molar-refractivity contribution in [1.29, 1.82) is 0 Å². The van der Waals surface area contributed by atoms with E-state index in [1.165, 1.54) is 30.3 Å². The first-order valence-electron chi connectivity index (χ1n) is 4.87. The fraction of sp³-hybridized carbons (Fsp3) is 0. The Hall–Kier alpha value is -0.740. The summed E-state index contributed by atoms with van der Waals surface area (Å²) in [5.41, 5.74) is 0. The zero-order chi connectivity index (χ0) is 13.3. The van der Waals surface area contributed by atoms with Crippen molar-refractivity contribution in [3.63, 3.8) is 0 Å². The van der Waals surface area contributed by atoms with E-state index in [0.29, 0.717) is 10.0 Å². The Labute approximate surface area is 120 Å². The Morgan fingerprint density at radius 2 is 1.44 bits per heavy atom. The highest BCUT2D eigenvalue weighted by Crippen LogP contribution is 2.29. The number of hydrogen-bond donors (Lipinski definition) is 0. The Morgan fingerprint density at radius 1 is 0.778 bits per heavy atom. The van der Waals surface area contributed by atoms with Crippen LogP contribution in [0.2, 0.25) is 15.1 Å². The van der Waals surface area contributed by atoms with E-state index in [4.69, 9.17) is 34.8 Å². The Kier molecular flexibility index (Phi) is 3.87. The molecule has 0 aliphatic carbocycles. The number of benzene rings is 2. The van der Waals surface area contributed by atoms with Gasteiger partial charge in [0.15, 0.2) is 0 Å². The minimum atomic E-state index is -3.63. The normalized spacial score (nSPS) is 11.5. The minimum Gasteiger partial charge on any atom is -0.219 e. The predicted octanol–water partition coefficient (Wildman–Crippen LogP) is 4.48. The van der Waals surface area contributed by atoms with Gasteiger partial charge in [0.1, 0.15) is 0 Å². The van der Waals surface area contributed by atoms with Crippen molar-refractivity contribution in [1.82, 2.24) is 0 Å². The van der Waals surface area contributed by atoms with Crippen molar-refractivity contribution in [3.05, 3.63) is 57.5 Å². The quantitative estimate of drug-likeness (QED) is 0.817. The van der Waals surface area contributed by atoms with Crippen LogP contribution in [0.25, 0.3) is 0 Å². The summed E-state index contributed by atoms with van der Waals surface area (Å²) in [5.74, 6) is 0. The van der Waals surface area contributed by atoms with E-state index in [2.05, 4.69) is 0 Å². The minimum absolute atomic E-state index is 0.0826. The van der Waals surface area contributed by atoms with Crippen molar-refractivity contribution in [2.24, 2.45) is 0 Å². The molecule has 0 fully saturated rings. The van der Waals surface area contributed by atoms with Gasteiger partial charge in [-0.1, -0.05) is 40.9 Å². The second kappa shape index (κ2) is 5.10. The molecule has 0 saturated carbocycles. The van der Waals surface area contributed by atoms with Crippen LogP contribution in [0.4, 0.5) is 0 Å². The number of rotatable bonds is 2. The maximum absolute atomic E-state index is 12.3. The van der Waals surface area contributed by atoms with Gasteiger partial charge in [0.25, 0.3) is 0 Å². The molecule has 0 spiro atoms. The molecular formula is C12H7Cl3O2S. The first kappa shape index (κ1) is 13.7. The van der Waals surface area contributed by atoms with Crippen LogP contribution >= 0.6 is 34.8 Å². The molecule has 0 unspecified atom stereocenters. The summed E-state index contributed by atoms with van der Waals surface area (Å²) >= 11 is 17.4. The summed E-state index contributed by atoms with van der Waals surface area (Å²) in [6.07, 6.45) is 0. The molecule has 0 aliphatic heterocycles. The fourth-order valence-electron chi connectivity index (χ4n) is 1.41. The number of halogens is 3. The average Bonchev–Trinajstić information content (AvgIpc) is 2.32. The lowest BCUT2D eigenvalue weighted by atomic mass is 10.4. The molecule has 0 N–H and O–H groups in total. The molecule has 18 heavy (non-hydrogen) atoms. The molecule has 0 aliphatic rings. The van der Waals surface area contributed by atoms with Gasteiger partial charge in [-0.2, -0.15) is 0 Å². The van der Waals surface area contributed by atoms with Crippen LogP contribution in [0.15, 0.2) is 52.3 Å². The van der Waals surface area contributed by atoms with Gasteiger partial charge in [0.05, 0.1) is 19.8 Å². The van der Waals surface area contributed by atoms with Crippen LogP contribution in [0.3, 0.4) is 0 Å². The lowest BCUT2D eigenvalue weighted by Gasteiger charge is -2.06. The lowest BCUT2D eigenvalue weighted by Crippen LogP contribution is -2.01. The molecule has 2 aromatic carbocycles. The zero-order valence-corrected chi connectivity index (χ0v) is 12.0. The van der Waals surface area contributed by atoms with Gasteiger partial charge < -0.3 is 0 Å². The Bertz CT molecular complexity index is 696. The van der Waals surface area contributed by atoms with E-state index in [-0.39, 0.29) is 14.8 Å². The first-order chi connectivity index (χ1) is 8.41. The van der Waals surface area contributed by atoms with Gasteiger partial charge in [-0.15, -0.1) is 0 Å². The third-order valence-corrected chi connectivity index (χ3v) is 5.03. The second-order valence-electron chi connectivity index (χ2n) is 3.54. The monoisotopic (exact) mass is 320 g/mol. The molecule has 0 aromatic heterocycles.